The molecule has 1 unspecified atom stereocenters. The van der Waals surface area contributed by atoms with Crippen LogP contribution in [0, 0.1) is 0 Å². The van der Waals surface area contributed by atoms with Crippen molar-refractivity contribution in [1.82, 2.24) is 9.80 Å². The summed E-state index contributed by atoms with van der Waals surface area (Å²) in [7, 11) is 0. The molecular weight excluding hydrogens is 212 g/mol. The lowest BCUT2D eigenvalue weighted by atomic mass is 10.2. The molecule has 2 aliphatic heterocycles. The van der Waals surface area contributed by atoms with E-state index in [1.807, 2.05) is 21.6 Å². The van der Waals surface area contributed by atoms with E-state index in [0.717, 1.165) is 25.3 Å². The molecule has 1 atom stereocenters. The SMILES string of the molecule is CC(=O)N1CCC2(C1)SCCN2C(C)=O. The normalized spacial score (nSPS) is 30.3. The maximum Gasteiger partial charge on any atom is 0.220 e. The quantitative estimate of drug-likeness (QED) is 0.607. The molecule has 0 bridgehead atoms. The fraction of sp³-hybridized carbons (Fsp3) is 0.800. The summed E-state index contributed by atoms with van der Waals surface area (Å²) in [5.74, 6) is 1.24. The van der Waals surface area contributed by atoms with Gasteiger partial charge in [0.05, 0.1) is 6.54 Å². The van der Waals surface area contributed by atoms with Gasteiger partial charge in [0, 0.05) is 32.7 Å². The summed E-state index contributed by atoms with van der Waals surface area (Å²) in [6.45, 7) is 5.52. The van der Waals surface area contributed by atoms with Gasteiger partial charge in [-0.15, -0.1) is 11.8 Å². The fourth-order valence-corrected chi connectivity index (χ4v) is 3.94. The van der Waals surface area contributed by atoms with Gasteiger partial charge >= 0.3 is 0 Å². The molecule has 1 spiro atoms. The number of likely N-dealkylation sites (tertiary alicyclic amines) is 1. The van der Waals surface area contributed by atoms with Gasteiger partial charge in [0.25, 0.3) is 0 Å². The number of hydrogen-bond acceptors (Lipinski definition) is 3. The maximum absolute atomic E-state index is 11.5. The zero-order valence-corrected chi connectivity index (χ0v) is 9.97. The van der Waals surface area contributed by atoms with Crippen molar-refractivity contribution in [2.45, 2.75) is 25.1 Å². The minimum atomic E-state index is -0.114. The average molecular weight is 228 g/mol. The first-order chi connectivity index (χ1) is 7.05. The van der Waals surface area contributed by atoms with Gasteiger partial charge < -0.3 is 9.80 Å². The maximum atomic E-state index is 11.5. The second-order valence-electron chi connectivity index (χ2n) is 4.16. The van der Waals surface area contributed by atoms with Crippen LogP contribution in [0.15, 0.2) is 0 Å². The molecule has 0 aromatic carbocycles. The Morgan fingerprint density at radius 2 is 1.93 bits per heavy atom. The molecule has 2 fully saturated rings. The minimum absolute atomic E-state index is 0.114. The number of thioether (sulfide) groups is 1. The highest BCUT2D eigenvalue weighted by molar-refractivity contribution is 8.00. The molecule has 0 aromatic heterocycles. The second-order valence-corrected chi connectivity index (χ2v) is 5.61. The monoisotopic (exact) mass is 228 g/mol. The predicted octanol–water partition coefficient (Wildman–Crippen LogP) is 0.530. The van der Waals surface area contributed by atoms with Gasteiger partial charge in [-0.1, -0.05) is 0 Å². The fourth-order valence-electron chi connectivity index (χ4n) is 2.43. The van der Waals surface area contributed by atoms with Crippen LogP contribution in [-0.2, 0) is 9.59 Å². The Morgan fingerprint density at radius 1 is 1.20 bits per heavy atom. The van der Waals surface area contributed by atoms with Crippen molar-refractivity contribution in [3.8, 4) is 0 Å². The zero-order chi connectivity index (χ0) is 11.1. The van der Waals surface area contributed by atoms with Crippen molar-refractivity contribution in [2.75, 3.05) is 25.4 Å². The molecule has 84 valence electrons. The van der Waals surface area contributed by atoms with Gasteiger partial charge in [-0.05, 0) is 6.42 Å². The molecule has 2 rings (SSSR count). The predicted molar refractivity (Wildman–Crippen MR) is 59.4 cm³/mol. The lowest BCUT2D eigenvalue weighted by Gasteiger charge is -2.33. The van der Waals surface area contributed by atoms with E-state index in [9.17, 15) is 9.59 Å². The third-order valence-corrected chi connectivity index (χ3v) is 4.69. The third kappa shape index (κ3) is 1.73. The first-order valence-electron chi connectivity index (χ1n) is 5.23. The second kappa shape index (κ2) is 3.70. The summed E-state index contributed by atoms with van der Waals surface area (Å²) in [6, 6.07) is 0. The molecule has 2 saturated heterocycles. The summed E-state index contributed by atoms with van der Waals surface area (Å²) < 4.78 is 0. The number of hydrogen-bond donors (Lipinski definition) is 0. The molecule has 2 heterocycles. The van der Waals surface area contributed by atoms with E-state index in [1.54, 1.807) is 13.8 Å². The Hall–Kier alpha value is -0.710. The van der Waals surface area contributed by atoms with Crippen LogP contribution in [-0.4, -0.2) is 51.9 Å². The van der Waals surface area contributed by atoms with Crippen molar-refractivity contribution in [3.63, 3.8) is 0 Å². The van der Waals surface area contributed by atoms with Crippen molar-refractivity contribution in [3.05, 3.63) is 0 Å². The standard InChI is InChI=1S/C10H16N2O2S/c1-8(13)11-4-3-10(7-11)12(9(2)14)5-6-15-10/h3-7H2,1-2H3. The lowest BCUT2D eigenvalue weighted by Crippen LogP contribution is -2.47. The van der Waals surface area contributed by atoms with Gasteiger partial charge in [0.15, 0.2) is 0 Å². The molecule has 4 nitrogen and oxygen atoms in total. The van der Waals surface area contributed by atoms with Crippen LogP contribution in [0.2, 0.25) is 0 Å². The Kier molecular flexibility index (Phi) is 2.66. The highest BCUT2D eigenvalue weighted by Gasteiger charge is 2.48. The summed E-state index contributed by atoms with van der Waals surface area (Å²) in [6.07, 6.45) is 0.914. The number of amides is 2. The molecule has 0 aliphatic carbocycles. The van der Waals surface area contributed by atoms with Crippen molar-refractivity contribution >= 4 is 23.6 Å². The van der Waals surface area contributed by atoms with Gasteiger partial charge in [-0.2, -0.15) is 0 Å². The van der Waals surface area contributed by atoms with E-state index in [2.05, 4.69) is 0 Å². The molecule has 2 amide bonds. The Balaban J connectivity index is 2.14. The van der Waals surface area contributed by atoms with Gasteiger partial charge in [0.1, 0.15) is 4.87 Å². The molecule has 15 heavy (non-hydrogen) atoms. The molecule has 0 N–H and O–H groups in total. The molecule has 0 aromatic rings. The van der Waals surface area contributed by atoms with E-state index < -0.39 is 0 Å². The van der Waals surface area contributed by atoms with Crippen LogP contribution in [0.25, 0.3) is 0 Å². The number of nitrogens with zero attached hydrogens (tertiary/aromatic N) is 2. The first-order valence-corrected chi connectivity index (χ1v) is 6.21. The number of carbonyl (C=O) groups is 2. The van der Waals surface area contributed by atoms with Gasteiger partial charge in [-0.3, -0.25) is 9.59 Å². The summed E-state index contributed by atoms with van der Waals surface area (Å²) in [5.41, 5.74) is 0. The molecule has 0 saturated carbocycles. The van der Waals surface area contributed by atoms with Crippen molar-refractivity contribution < 1.29 is 9.59 Å². The molecule has 2 aliphatic rings. The summed E-state index contributed by atoms with van der Waals surface area (Å²) >= 11 is 1.82. The van der Waals surface area contributed by atoms with Crippen LogP contribution >= 0.6 is 11.8 Å². The van der Waals surface area contributed by atoms with E-state index in [1.165, 1.54) is 0 Å². The minimum Gasteiger partial charge on any atom is -0.340 e. The van der Waals surface area contributed by atoms with E-state index >= 15 is 0 Å². The van der Waals surface area contributed by atoms with Crippen LogP contribution in [0.4, 0.5) is 0 Å². The Labute approximate surface area is 94.0 Å². The number of rotatable bonds is 0. The Morgan fingerprint density at radius 3 is 2.47 bits per heavy atom. The van der Waals surface area contributed by atoms with Gasteiger partial charge in [0.2, 0.25) is 11.8 Å². The largest absolute Gasteiger partial charge is 0.340 e. The smallest absolute Gasteiger partial charge is 0.220 e. The van der Waals surface area contributed by atoms with E-state index in [-0.39, 0.29) is 16.7 Å². The third-order valence-electron chi connectivity index (χ3n) is 3.21. The van der Waals surface area contributed by atoms with E-state index in [4.69, 9.17) is 0 Å². The van der Waals surface area contributed by atoms with Gasteiger partial charge in [-0.25, -0.2) is 0 Å². The summed E-state index contributed by atoms with van der Waals surface area (Å²) in [4.78, 5) is 26.4. The first kappa shape index (κ1) is 10.8. The molecular formula is C10H16N2O2S. The zero-order valence-electron chi connectivity index (χ0n) is 9.15. The van der Waals surface area contributed by atoms with Crippen molar-refractivity contribution in [2.24, 2.45) is 0 Å². The molecule has 0 radical (unpaired) electrons. The highest BCUT2D eigenvalue weighted by Crippen LogP contribution is 2.42. The summed E-state index contributed by atoms with van der Waals surface area (Å²) in [5, 5.41) is 0. The lowest BCUT2D eigenvalue weighted by molar-refractivity contribution is -0.133. The highest BCUT2D eigenvalue weighted by atomic mass is 32.2. The van der Waals surface area contributed by atoms with E-state index in [0.29, 0.717) is 6.54 Å². The van der Waals surface area contributed by atoms with Crippen LogP contribution in [0.1, 0.15) is 20.3 Å². The topological polar surface area (TPSA) is 40.6 Å². The van der Waals surface area contributed by atoms with Crippen LogP contribution in [0.5, 0.6) is 0 Å². The number of carbonyl (C=O) groups excluding carboxylic acids is 2. The molecule has 5 heteroatoms. The van der Waals surface area contributed by atoms with Crippen molar-refractivity contribution in [1.29, 1.82) is 0 Å². The Bertz CT molecular complexity index is 308. The van der Waals surface area contributed by atoms with Crippen LogP contribution < -0.4 is 0 Å². The van der Waals surface area contributed by atoms with Crippen LogP contribution in [0.3, 0.4) is 0 Å². The average Bonchev–Trinajstić information content (AvgIpc) is 2.74.